The van der Waals surface area contributed by atoms with E-state index in [0.29, 0.717) is 17.8 Å². The molecule has 3 N–H and O–H groups in total. The van der Waals surface area contributed by atoms with Gasteiger partial charge in [0.25, 0.3) is 0 Å². The summed E-state index contributed by atoms with van der Waals surface area (Å²) < 4.78 is 13.1. The number of hydrogen-bond acceptors (Lipinski definition) is 3. The highest BCUT2D eigenvalue weighted by molar-refractivity contribution is 5.98. The zero-order chi connectivity index (χ0) is 17.8. The number of nitrogens with zero attached hydrogens (tertiary/aromatic N) is 1. The van der Waals surface area contributed by atoms with E-state index >= 15 is 0 Å². The largest absolute Gasteiger partial charge is 0.398 e. The predicted molar refractivity (Wildman–Crippen MR) is 102 cm³/mol. The van der Waals surface area contributed by atoms with Gasteiger partial charge in [-0.05, 0) is 48.2 Å². The summed E-state index contributed by atoms with van der Waals surface area (Å²) in [5, 5.41) is 2.61. The van der Waals surface area contributed by atoms with E-state index in [1.54, 1.807) is 17.0 Å². The number of nitrogen functional groups attached to an aromatic ring is 1. The Hall–Kier alpha value is -2.60. The maximum atomic E-state index is 13.1. The molecule has 0 saturated heterocycles. The summed E-state index contributed by atoms with van der Waals surface area (Å²) in [6.45, 7) is 0.511. The highest BCUT2D eigenvalue weighted by Gasteiger charge is 2.23. The van der Waals surface area contributed by atoms with E-state index in [-0.39, 0.29) is 43.0 Å². The highest BCUT2D eigenvalue weighted by atomic mass is 35.5. The Bertz CT molecular complexity index is 813. The monoisotopic (exact) mass is 377 g/mol. The number of hydrogen-bond donors (Lipinski definition) is 2. The molecule has 2 amide bonds. The average Bonchev–Trinajstić information content (AvgIpc) is 2.60. The van der Waals surface area contributed by atoms with Gasteiger partial charge in [-0.1, -0.05) is 18.2 Å². The Balaban J connectivity index is 0.00000243. The Morgan fingerprint density at radius 3 is 2.73 bits per heavy atom. The molecule has 0 aliphatic carbocycles. The van der Waals surface area contributed by atoms with Gasteiger partial charge in [-0.2, -0.15) is 0 Å². The Morgan fingerprint density at radius 2 is 1.96 bits per heavy atom. The maximum Gasteiger partial charge on any atom is 0.246 e. The summed E-state index contributed by atoms with van der Waals surface area (Å²) >= 11 is 0. The van der Waals surface area contributed by atoms with Gasteiger partial charge < -0.3 is 16.0 Å². The number of carbonyl (C=O) groups excluding carboxylic acids is 2. The fraction of sp³-hybridized carbons (Fsp3) is 0.263. The van der Waals surface area contributed by atoms with Gasteiger partial charge in [-0.25, -0.2) is 4.39 Å². The molecule has 0 bridgehead atoms. The van der Waals surface area contributed by atoms with Crippen molar-refractivity contribution in [2.45, 2.75) is 19.3 Å². The van der Waals surface area contributed by atoms with Crippen molar-refractivity contribution < 1.29 is 14.0 Å². The molecule has 7 heteroatoms. The number of fused-ring (bicyclic) bond motifs is 1. The number of nitrogens with two attached hydrogens (primary N) is 1. The third kappa shape index (κ3) is 4.52. The second kappa shape index (κ2) is 8.67. The second-order valence-electron chi connectivity index (χ2n) is 6.08. The zero-order valence-electron chi connectivity index (χ0n) is 14.2. The van der Waals surface area contributed by atoms with Gasteiger partial charge in [0.1, 0.15) is 5.82 Å². The zero-order valence-corrected chi connectivity index (χ0v) is 15.0. The molecule has 1 aliphatic rings. The van der Waals surface area contributed by atoms with Crippen molar-refractivity contribution in [1.29, 1.82) is 0 Å². The molecule has 0 atom stereocenters. The van der Waals surface area contributed by atoms with Crippen molar-refractivity contribution in [2.75, 3.05) is 23.7 Å². The van der Waals surface area contributed by atoms with Crippen molar-refractivity contribution in [3.8, 4) is 0 Å². The standard InChI is InChI=1S/C19H20FN3O2.ClH/c20-14-5-1-4-13(10-14)11-18(24)22-12-19(25)23-9-3-6-15-16(21)7-2-8-17(15)23;/h1-2,4-5,7-8,10H,3,6,9,11-12,21H2,(H,22,24);1H. The summed E-state index contributed by atoms with van der Waals surface area (Å²) in [5.41, 5.74) is 9.04. The van der Waals surface area contributed by atoms with Gasteiger partial charge in [0.15, 0.2) is 0 Å². The van der Waals surface area contributed by atoms with E-state index in [1.807, 2.05) is 18.2 Å². The molecule has 138 valence electrons. The fourth-order valence-corrected chi connectivity index (χ4v) is 3.08. The smallest absolute Gasteiger partial charge is 0.246 e. The van der Waals surface area contributed by atoms with E-state index in [1.165, 1.54) is 12.1 Å². The lowest BCUT2D eigenvalue weighted by atomic mass is 10.00. The van der Waals surface area contributed by atoms with E-state index < -0.39 is 0 Å². The van der Waals surface area contributed by atoms with Crippen LogP contribution in [0.1, 0.15) is 17.5 Å². The van der Waals surface area contributed by atoms with Crippen molar-refractivity contribution in [3.63, 3.8) is 0 Å². The number of halogens is 2. The molecule has 5 nitrogen and oxygen atoms in total. The molecule has 0 radical (unpaired) electrons. The highest BCUT2D eigenvalue weighted by Crippen LogP contribution is 2.31. The SMILES string of the molecule is Cl.Nc1cccc2c1CCCN2C(=O)CNC(=O)Cc1cccc(F)c1. The molecular formula is C19H21ClFN3O2. The van der Waals surface area contributed by atoms with Gasteiger partial charge in [0.2, 0.25) is 11.8 Å². The summed E-state index contributed by atoms with van der Waals surface area (Å²) in [4.78, 5) is 26.1. The molecule has 0 spiro atoms. The predicted octanol–water partition coefficient (Wildman–Crippen LogP) is 2.47. The summed E-state index contributed by atoms with van der Waals surface area (Å²) in [5.74, 6) is -0.883. The normalized spacial score (nSPS) is 12.7. The van der Waals surface area contributed by atoms with Crippen molar-refractivity contribution in [1.82, 2.24) is 5.32 Å². The molecule has 0 fully saturated rings. The van der Waals surface area contributed by atoms with Gasteiger partial charge in [-0.3, -0.25) is 9.59 Å². The topological polar surface area (TPSA) is 75.4 Å². The van der Waals surface area contributed by atoms with Gasteiger partial charge in [-0.15, -0.1) is 12.4 Å². The fourth-order valence-electron chi connectivity index (χ4n) is 3.08. The van der Waals surface area contributed by atoms with Crippen LogP contribution in [0, 0.1) is 5.82 Å². The summed E-state index contributed by atoms with van der Waals surface area (Å²) in [6.07, 6.45) is 1.72. The quantitative estimate of drug-likeness (QED) is 0.804. The summed E-state index contributed by atoms with van der Waals surface area (Å²) in [7, 11) is 0. The molecule has 0 unspecified atom stereocenters. The van der Waals surface area contributed by atoms with Gasteiger partial charge in [0.05, 0.1) is 13.0 Å². The van der Waals surface area contributed by atoms with Crippen LogP contribution in [0.2, 0.25) is 0 Å². The van der Waals surface area contributed by atoms with E-state index in [4.69, 9.17) is 5.73 Å². The maximum absolute atomic E-state index is 13.1. The molecule has 2 aromatic rings. The van der Waals surface area contributed by atoms with Crippen LogP contribution in [-0.4, -0.2) is 24.9 Å². The first-order valence-corrected chi connectivity index (χ1v) is 8.23. The van der Waals surface area contributed by atoms with Crippen molar-refractivity contribution in [3.05, 3.63) is 59.4 Å². The van der Waals surface area contributed by atoms with Crippen LogP contribution in [0.15, 0.2) is 42.5 Å². The van der Waals surface area contributed by atoms with E-state index in [2.05, 4.69) is 5.32 Å². The lowest BCUT2D eigenvalue weighted by Crippen LogP contribution is -2.43. The van der Waals surface area contributed by atoms with Crippen LogP contribution in [0.3, 0.4) is 0 Å². The molecule has 2 aromatic carbocycles. The summed E-state index contributed by atoms with van der Waals surface area (Å²) in [6, 6.07) is 11.4. The molecule has 1 aliphatic heterocycles. The van der Waals surface area contributed by atoms with Crippen LogP contribution in [-0.2, 0) is 22.4 Å². The van der Waals surface area contributed by atoms with Gasteiger partial charge in [0, 0.05) is 17.9 Å². The Kier molecular flexibility index (Phi) is 6.58. The molecule has 0 aromatic heterocycles. The minimum atomic E-state index is -0.385. The van der Waals surface area contributed by atoms with Crippen molar-refractivity contribution >= 4 is 35.6 Å². The Morgan fingerprint density at radius 1 is 1.19 bits per heavy atom. The average molecular weight is 378 g/mol. The molecule has 0 saturated carbocycles. The molecule has 26 heavy (non-hydrogen) atoms. The molecule has 3 rings (SSSR count). The van der Waals surface area contributed by atoms with E-state index in [9.17, 15) is 14.0 Å². The number of amides is 2. The third-order valence-corrected chi connectivity index (χ3v) is 4.28. The first-order valence-electron chi connectivity index (χ1n) is 8.23. The first-order chi connectivity index (χ1) is 12.0. The van der Waals surface area contributed by atoms with Gasteiger partial charge >= 0.3 is 0 Å². The number of rotatable bonds is 4. The van der Waals surface area contributed by atoms with Crippen LogP contribution in [0.4, 0.5) is 15.8 Å². The minimum Gasteiger partial charge on any atom is -0.398 e. The second-order valence-corrected chi connectivity index (χ2v) is 6.08. The molecular weight excluding hydrogens is 357 g/mol. The van der Waals surface area contributed by atoms with Crippen LogP contribution in [0.5, 0.6) is 0 Å². The number of nitrogens with one attached hydrogen (secondary N) is 1. The molecule has 1 heterocycles. The minimum absolute atomic E-state index is 0. The third-order valence-electron chi connectivity index (χ3n) is 4.28. The number of benzene rings is 2. The Labute approximate surface area is 157 Å². The lowest BCUT2D eigenvalue weighted by molar-refractivity contribution is -0.124. The van der Waals surface area contributed by atoms with E-state index in [0.717, 1.165) is 24.1 Å². The number of anilines is 2. The number of carbonyl (C=O) groups is 2. The first kappa shape index (κ1) is 19.7. The van der Waals surface area contributed by atoms with Crippen LogP contribution >= 0.6 is 12.4 Å². The lowest BCUT2D eigenvalue weighted by Gasteiger charge is -2.30. The van der Waals surface area contributed by atoms with Crippen molar-refractivity contribution in [2.24, 2.45) is 0 Å². The van der Waals surface area contributed by atoms with Crippen LogP contribution < -0.4 is 16.0 Å². The van der Waals surface area contributed by atoms with Crippen LogP contribution in [0.25, 0.3) is 0 Å².